The molecule has 84 valence electrons. The van der Waals surface area contributed by atoms with Crippen LogP contribution in [0.25, 0.3) is 0 Å². The van der Waals surface area contributed by atoms with Crippen LogP contribution < -0.4 is 10.5 Å². The summed E-state index contributed by atoms with van der Waals surface area (Å²) < 4.78 is 4.78. The van der Waals surface area contributed by atoms with Crippen LogP contribution in [0.1, 0.15) is 20.7 Å². The first kappa shape index (κ1) is 11.6. The zero-order chi connectivity index (χ0) is 12.3. The first-order valence-corrected chi connectivity index (χ1v) is 4.12. The van der Waals surface area contributed by atoms with E-state index in [0.29, 0.717) is 0 Å². The van der Waals surface area contributed by atoms with E-state index in [1.54, 1.807) is 0 Å². The fourth-order valence-electron chi connectivity index (χ4n) is 1.20. The van der Waals surface area contributed by atoms with E-state index in [-0.39, 0.29) is 23.2 Å². The fraction of sp³-hybridized carbons (Fsp3) is 0.111. The summed E-state index contributed by atoms with van der Waals surface area (Å²) in [7, 11) is 1.24. The molecule has 1 aromatic rings. The van der Waals surface area contributed by atoms with E-state index >= 15 is 0 Å². The molecule has 1 amide bonds. The zero-order valence-corrected chi connectivity index (χ0v) is 8.30. The van der Waals surface area contributed by atoms with Crippen molar-refractivity contribution in [2.75, 3.05) is 7.11 Å². The lowest BCUT2D eigenvalue weighted by Gasteiger charge is -2.06. The summed E-state index contributed by atoms with van der Waals surface area (Å²) in [5.41, 5.74) is 4.31. The number of hydrogen-bond acceptors (Lipinski definition) is 5. The van der Waals surface area contributed by atoms with Crippen molar-refractivity contribution in [2.24, 2.45) is 5.73 Å². The summed E-state index contributed by atoms with van der Waals surface area (Å²) in [6.45, 7) is 0. The van der Waals surface area contributed by atoms with Gasteiger partial charge in [0, 0.05) is 0 Å². The van der Waals surface area contributed by atoms with E-state index in [1.165, 1.54) is 7.11 Å². The molecule has 0 fully saturated rings. The van der Waals surface area contributed by atoms with Gasteiger partial charge < -0.3 is 10.5 Å². The monoisotopic (exact) mass is 224 g/mol. The molecule has 0 radical (unpaired) electrons. The predicted molar refractivity (Wildman–Crippen MR) is 53.6 cm³/mol. The number of amides is 1. The SMILES string of the molecule is COc1cc([N+](=O)[O-])c(C=O)cc1C(N)=O. The van der Waals surface area contributed by atoms with Gasteiger partial charge in [0.1, 0.15) is 5.75 Å². The minimum Gasteiger partial charge on any atom is -0.496 e. The average molecular weight is 224 g/mol. The summed E-state index contributed by atoms with van der Waals surface area (Å²) in [5.74, 6) is -0.861. The standard InChI is InChI=1S/C9H8N2O5/c1-16-8-3-7(11(14)15)5(4-12)2-6(8)9(10)13/h2-4H,1H3,(H2,10,13). The van der Waals surface area contributed by atoms with Gasteiger partial charge in [0.25, 0.3) is 11.6 Å². The fourth-order valence-corrected chi connectivity index (χ4v) is 1.20. The van der Waals surface area contributed by atoms with Crippen LogP contribution in [0.4, 0.5) is 5.69 Å². The smallest absolute Gasteiger partial charge is 0.283 e. The number of primary amides is 1. The van der Waals surface area contributed by atoms with Crippen LogP contribution in [0.15, 0.2) is 12.1 Å². The van der Waals surface area contributed by atoms with Gasteiger partial charge in [-0.3, -0.25) is 19.7 Å². The van der Waals surface area contributed by atoms with Crippen LogP contribution in [0.2, 0.25) is 0 Å². The van der Waals surface area contributed by atoms with Crippen LogP contribution in [0, 0.1) is 10.1 Å². The maximum absolute atomic E-state index is 11.0. The predicted octanol–water partition coefficient (Wildman–Crippen LogP) is 0.515. The first-order chi connectivity index (χ1) is 7.51. The Morgan fingerprint density at radius 2 is 2.19 bits per heavy atom. The maximum atomic E-state index is 11.0. The number of hydrogen-bond donors (Lipinski definition) is 1. The molecule has 0 spiro atoms. The van der Waals surface area contributed by atoms with Gasteiger partial charge in [-0.15, -0.1) is 0 Å². The molecule has 0 saturated carbocycles. The van der Waals surface area contributed by atoms with Gasteiger partial charge >= 0.3 is 0 Å². The second-order valence-corrected chi connectivity index (χ2v) is 2.85. The van der Waals surface area contributed by atoms with E-state index in [4.69, 9.17) is 10.5 Å². The third-order valence-corrected chi connectivity index (χ3v) is 1.94. The number of aldehydes is 1. The van der Waals surface area contributed by atoms with Crippen LogP contribution in [-0.2, 0) is 0 Å². The van der Waals surface area contributed by atoms with Crippen molar-refractivity contribution in [1.82, 2.24) is 0 Å². The number of carbonyl (C=O) groups is 2. The number of methoxy groups -OCH3 is 1. The number of nitro groups is 1. The molecule has 7 nitrogen and oxygen atoms in total. The van der Waals surface area contributed by atoms with Crippen molar-refractivity contribution in [3.63, 3.8) is 0 Å². The Kier molecular flexibility index (Phi) is 3.19. The first-order valence-electron chi connectivity index (χ1n) is 4.12. The van der Waals surface area contributed by atoms with E-state index < -0.39 is 16.5 Å². The number of nitrogens with zero attached hydrogens (tertiary/aromatic N) is 1. The lowest BCUT2D eigenvalue weighted by Crippen LogP contribution is -2.13. The number of ether oxygens (including phenoxy) is 1. The van der Waals surface area contributed by atoms with E-state index in [2.05, 4.69) is 0 Å². The van der Waals surface area contributed by atoms with Crippen molar-refractivity contribution >= 4 is 17.9 Å². The number of rotatable bonds is 4. The highest BCUT2D eigenvalue weighted by molar-refractivity contribution is 5.98. The number of nitro benzene ring substituents is 1. The molecule has 0 bridgehead atoms. The summed E-state index contributed by atoms with van der Waals surface area (Å²) in [6.07, 6.45) is 0.282. The van der Waals surface area contributed by atoms with Crippen molar-refractivity contribution in [1.29, 1.82) is 0 Å². The Balaban J connectivity index is 3.52. The van der Waals surface area contributed by atoms with Crippen LogP contribution in [-0.4, -0.2) is 24.2 Å². The molecule has 1 aromatic carbocycles. The molecule has 0 saturated heterocycles. The molecule has 1 rings (SSSR count). The maximum Gasteiger partial charge on any atom is 0.283 e. The Bertz CT molecular complexity index is 469. The Labute approximate surface area is 90.0 Å². The molecule has 7 heteroatoms. The zero-order valence-electron chi connectivity index (χ0n) is 8.30. The van der Waals surface area contributed by atoms with Crippen molar-refractivity contribution in [3.05, 3.63) is 33.4 Å². The summed E-state index contributed by atoms with van der Waals surface area (Å²) in [4.78, 5) is 31.5. The van der Waals surface area contributed by atoms with Crippen molar-refractivity contribution in [3.8, 4) is 5.75 Å². The van der Waals surface area contributed by atoms with Gasteiger partial charge in [-0.2, -0.15) is 0 Å². The van der Waals surface area contributed by atoms with Gasteiger partial charge in [0.15, 0.2) is 6.29 Å². The molecular weight excluding hydrogens is 216 g/mol. The molecule has 0 aliphatic heterocycles. The van der Waals surface area contributed by atoms with Crippen molar-refractivity contribution < 1.29 is 19.2 Å². The van der Waals surface area contributed by atoms with Crippen LogP contribution in [0.5, 0.6) is 5.75 Å². The highest BCUT2D eigenvalue weighted by Gasteiger charge is 2.20. The Morgan fingerprint density at radius 1 is 1.56 bits per heavy atom. The molecule has 0 aromatic heterocycles. The molecule has 2 N–H and O–H groups in total. The lowest BCUT2D eigenvalue weighted by molar-refractivity contribution is -0.385. The summed E-state index contributed by atoms with van der Waals surface area (Å²) in [5, 5.41) is 10.6. The second-order valence-electron chi connectivity index (χ2n) is 2.85. The summed E-state index contributed by atoms with van der Waals surface area (Å²) >= 11 is 0. The van der Waals surface area contributed by atoms with Gasteiger partial charge in [-0.25, -0.2) is 0 Å². The van der Waals surface area contributed by atoms with E-state index in [0.717, 1.165) is 12.1 Å². The molecule has 0 atom stereocenters. The van der Waals surface area contributed by atoms with Crippen molar-refractivity contribution in [2.45, 2.75) is 0 Å². The molecule has 16 heavy (non-hydrogen) atoms. The minimum atomic E-state index is -0.824. The molecule has 0 aliphatic rings. The third kappa shape index (κ3) is 1.97. The average Bonchev–Trinajstić information content (AvgIpc) is 2.26. The quantitative estimate of drug-likeness (QED) is 0.455. The molecular formula is C9H8N2O5. The van der Waals surface area contributed by atoms with Crippen LogP contribution in [0.3, 0.4) is 0 Å². The number of carbonyl (C=O) groups excluding carboxylic acids is 2. The number of benzene rings is 1. The molecule has 0 heterocycles. The normalized spacial score (nSPS) is 9.56. The largest absolute Gasteiger partial charge is 0.496 e. The van der Waals surface area contributed by atoms with E-state index in [9.17, 15) is 19.7 Å². The van der Waals surface area contributed by atoms with Crippen LogP contribution >= 0.6 is 0 Å². The number of nitrogens with two attached hydrogens (primary N) is 1. The van der Waals surface area contributed by atoms with Gasteiger partial charge in [0.2, 0.25) is 0 Å². The lowest BCUT2D eigenvalue weighted by atomic mass is 10.1. The van der Waals surface area contributed by atoms with Gasteiger partial charge in [-0.1, -0.05) is 0 Å². The molecule has 0 unspecified atom stereocenters. The third-order valence-electron chi connectivity index (χ3n) is 1.94. The highest BCUT2D eigenvalue weighted by Crippen LogP contribution is 2.27. The minimum absolute atomic E-state index is 0.0372. The molecule has 0 aliphatic carbocycles. The second kappa shape index (κ2) is 4.39. The Hall–Kier alpha value is -2.44. The van der Waals surface area contributed by atoms with Gasteiger partial charge in [-0.05, 0) is 6.07 Å². The Morgan fingerprint density at radius 3 is 2.56 bits per heavy atom. The topological polar surface area (TPSA) is 113 Å². The van der Waals surface area contributed by atoms with Gasteiger partial charge in [0.05, 0.1) is 29.2 Å². The van der Waals surface area contributed by atoms with E-state index in [1.807, 2.05) is 0 Å². The summed E-state index contributed by atoms with van der Waals surface area (Å²) in [6, 6.07) is 2.02. The highest BCUT2D eigenvalue weighted by atomic mass is 16.6.